The van der Waals surface area contributed by atoms with Crippen LogP contribution >= 0.6 is 11.8 Å². The molecule has 0 saturated carbocycles. The van der Waals surface area contributed by atoms with E-state index in [0.29, 0.717) is 17.2 Å². The first-order valence-electron chi connectivity index (χ1n) is 9.37. The molecule has 0 radical (unpaired) electrons. The van der Waals surface area contributed by atoms with Crippen LogP contribution in [0.3, 0.4) is 0 Å². The molecule has 2 aromatic carbocycles. The maximum Gasteiger partial charge on any atom is 0.269 e. The number of hydrogen-bond donors (Lipinski definition) is 0. The van der Waals surface area contributed by atoms with Crippen LogP contribution in [-0.4, -0.2) is 44.0 Å². The summed E-state index contributed by atoms with van der Waals surface area (Å²) in [5.41, 5.74) is 1.43. The fourth-order valence-electron chi connectivity index (χ4n) is 3.35. The summed E-state index contributed by atoms with van der Waals surface area (Å²) in [5.74, 6) is 0.407. The minimum Gasteiger partial charge on any atom is -0.454 e. The van der Waals surface area contributed by atoms with Crippen LogP contribution in [0.15, 0.2) is 53.8 Å². The van der Waals surface area contributed by atoms with Crippen LogP contribution in [0, 0.1) is 10.1 Å². The van der Waals surface area contributed by atoms with E-state index < -0.39 is 22.0 Å². The molecular weight excluding hydrogens is 438 g/mol. The fraction of sp³-hybridized carbons (Fsp3) is 0.150. The molecular formula is C20H13N5O6S. The average molecular weight is 451 g/mol. The van der Waals surface area contributed by atoms with Gasteiger partial charge in [0.05, 0.1) is 22.5 Å². The monoisotopic (exact) mass is 451 g/mol. The Balaban J connectivity index is 1.34. The lowest BCUT2D eigenvalue weighted by atomic mass is 10.1. The van der Waals surface area contributed by atoms with Crippen molar-refractivity contribution in [3.05, 3.63) is 58.8 Å². The Hall–Kier alpha value is -4.06. The summed E-state index contributed by atoms with van der Waals surface area (Å²) in [5, 5.41) is 18.3. The molecule has 2 amide bonds. The van der Waals surface area contributed by atoms with Crippen molar-refractivity contribution >= 4 is 35.0 Å². The molecule has 0 aliphatic carbocycles. The molecule has 5 rings (SSSR count). The number of nitrogens with zero attached hydrogens (tertiary/aromatic N) is 5. The van der Waals surface area contributed by atoms with Gasteiger partial charge in [-0.05, 0) is 30.3 Å². The van der Waals surface area contributed by atoms with Crippen LogP contribution in [0.4, 0.5) is 11.4 Å². The topological polar surface area (TPSA) is 138 Å². The SMILES string of the molecule is O=C1CC(Sc2nncc(-c3ccc4c(c3)OCO4)n2)C(=O)N1c1ccc([N+](=O)[O-])cc1. The summed E-state index contributed by atoms with van der Waals surface area (Å²) < 4.78 is 10.7. The van der Waals surface area contributed by atoms with Gasteiger partial charge >= 0.3 is 0 Å². The second kappa shape index (κ2) is 7.89. The highest BCUT2D eigenvalue weighted by Gasteiger charge is 2.41. The van der Waals surface area contributed by atoms with Gasteiger partial charge in [0.1, 0.15) is 5.25 Å². The van der Waals surface area contributed by atoms with Crippen LogP contribution in [0.2, 0.25) is 0 Å². The van der Waals surface area contributed by atoms with Gasteiger partial charge in [-0.3, -0.25) is 19.7 Å². The summed E-state index contributed by atoms with van der Waals surface area (Å²) >= 11 is 1.04. The zero-order valence-corrected chi connectivity index (χ0v) is 17.0. The molecule has 2 aliphatic heterocycles. The molecule has 11 nitrogen and oxygen atoms in total. The molecule has 32 heavy (non-hydrogen) atoms. The first kappa shape index (κ1) is 19.9. The molecule has 1 fully saturated rings. The Morgan fingerprint density at radius 2 is 1.88 bits per heavy atom. The number of rotatable bonds is 5. The molecule has 1 saturated heterocycles. The number of nitro benzene ring substituents is 1. The van der Waals surface area contributed by atoms with Gasteiger partial charge in [-0.15, -0.1) is 5.10 Å². The minimum absolute atomic E-state index is 0.0436. The van der Waals surface area contributed by atoms with E-state index in [9.17, 15) is 19.7 Å². The van der Waals surface area contributed by atoms with E-state index >= 15 is 0 Å². The molecule has 2 aliphatic rings. The molecule has 0 spiro atoms. The highest BCUT2D eigenvalue weighted by molar-refractivity contribution is 8.00. The molecule has 1 atom stereocenters. The van der Waals surface area contributed by atoms with Gasteiger partial charge in [-0.2, -0.15) is 5.10 Å². The predicted molar refractivity (Wildman–Crippen MR) is 111 cm³/mol. The number of non-ortho nitro benzene ring substituents is 1. The van der Waals surface area contributed by atoms with E-state index in [1.165, 1.54) is 30.5 Å². The second-order valence-corrected chi connectivity index (χ2v) is 8.01. The molecule has 3 aromatic rings. The van der Waals surface area contributed by atoms with Crippen molar-refractivity contribution in [3.8, 4) is 22.8 Å². The van der Waals surface area contributed by atoms with E-state index in [4.69, 9.17) is 9.47 Å². The predicted octanol–water partition coefficient (Wildman–Crippen LogP) is 2.60. The van der Waals surface area contributed by atoms with Gasteiger partial charge < -0.3 is 9.47 Å². The number of thioether (sulfide) groups is 1. The van der Waals surface area contributed by atoms with Crippen LogP contribution in [0.25, 0.3) is 11.3 Å². The van der Waals surface area contributed by atoms with Crippen molar-refractivity contribution in [1.82, 2.24) is 15.2 Å². The Kier molecular flexibility index (Phi) is 4.90. The number of benzene rings is 2. The second-order valence-electron chi connectivity index (χ2n) is 6.84. The maximum atomic E-state index is 12.9. The Morgan fingerprint density at radius 3 is 2.66 bits per heavy atom. The number of hydrogen-bond acceptors (Lipinski definition) is 10. The third-order valence-electron chi connectivity index (χ3n) is 4.88. The third kappa shape index (κ3) is 3.60. The fourth-order valence-corrected chi connectivity index (χ4v) is 4.28. The van der Waals surface area contributed by atoms with Gasteiger partial charge in [0, 0.05) is 24.1 Å². The Morgan fingerprint density at radius 1 is 1.09 bits per heavy atom. The minimum atomic E-state index is -0.730. The quantitative estimate of drug-likeness (QED) is 0.323. The molecule has 3 heterocycles. The lowest BCUT2D eigenvalue weighted by Crippen LogP contribution is -2.31. The molecule has 1 unspecified atom stereocenters. The smallest absolute Gasteiger partial charge is 0.269 e. The van der Waals surface area contributed by atoms with E-state index in [1.807, 2.05) is 6.07 Å². The van der Waals surface area contributed by atoms with Crippen molar-refractivity contribution in [1.29, 1.82) is 0 Å². The van der Waals surface area contributed by atoms with Crippen LogP contribution in [0.5, 0.6) is 11.5 Å². The molecule has 0 N–H and O–H groups in total. The number of carbonyl (C=O) groups excluding carboxylic acids is 2. The lowest BCUT2D eigenvalue weighted by molar-refractivity contribution is -0.384. The number of anilines is 1. The molecule has 0 bridgehead atoms. The average Bonchev–Trinajstić information content (AvgIpc) is 3.37. The largest absolute Gasteiger partial charge is 0.454 e. The third-order valence-corrected chi connectivity index (χ3v) is 5.92. The van der Waals surface area contributed by atoms with Gasteiger partial charge in [0.25, 0.3) is 5.69 Å². The van der Waals surface area contributed by atoms with E-state index in [0.717, 1.165) is 22.2 Å². The van der Waals surface area contributed by atoms with E-state index in [-0.39, 0.29) is 29.7 Å². The first-order chi connectivity index (χ1) is 15.5. The van der Waals surface area contributed by atoms with Crippen molar-refractivity contribution in [2.75, 3.05) is 11.7 Å². The van der Waals surface area contributed by atoms with Crippen molar-refractivity contribution < 1.29 is 24.0 Å². The first-order valence-corrected chi connectivity index (χ1v) is 10.3. The molecule has 160 valence electrons. The molecule has 1 aromatic heterocycles. The summed E-state index contributed by atoms with van der Waals surface area (Å²) in [6.45, 7) is 0.158. The Labute approximate surface area is 184 Å². The highest BCUT2D eigenvalue weighted by atomic mass is 32.2. The van der Waals surface area contributed by atoms with Gasteiger partial charge in [0.2, 0.25) is 23.8 Å². The summed E-state index contributed by atoms with van der Waals surface area (Å²) in [6, 6.07) is 10.6. The maximum absolute atomic E-state index is 12.9. The van der Waals surface area contributed by atoms with Gasteiger partial charge in [0.15, 0.2) is 11.5 Å². The van der Waals surface area contributed by atoms with Crippen molar-refractivity contribution in [2.24, 2.45) is 0 Å². The number of amides is 2. The number of ether oxygens (including phenoxy) is 2. The van der Waals surface area contributed by atoms with Crippen LogP contribution in [-0.2, 0) is 9.59 Å². The van der Waals surface area contributed by atoms with Crippen molar-refractivity contribution in [3.63, 3.8) is 0 Å². The van der Waals surface area contributed by atoms with E-state index in [2.05, 4.69) is 15.2 Å². The number of fused-ring (bicyclic) bond motifs is 1. The number of aromatic nitrogens is 3. The summed E-state index contributed by atoms with van der Waals surface area (Å²) in [7, 11) is 0. The zero-order valence-electron chi connectivity index (χ0n) is 16.2. The molecule has 12 heteroatoms. The Bertz CT molecular complexity index is 1250. The van der Waals surface area contributed by atoms with E-state index in [1.54, 1.807) is 12.1 Å². The normalized spacial score (nSPS) is 17.1. The number of imide groups is 1. The zero-order chi connectivity index (χ0) is 22.2. The highest BCUT2D eigenvalue weighted by Crippen LogP contribution is 2.36. The van der Waals surface area contributed by atoms with Gasteiger partial charge in [-0.1, -0.05) is 11.8 Å². The van der Waals surface area contributed by atoms with Gasteiger partial charge in [-0.25, -0.2) is 9.88 Å². The van der Waals surface area contributed by atoms with Crippen LogP contribution < -0.4 is 14.4 Å². The standard InChI is InChI=1S/C20H13N5O6S/c26-18-8-17(19(27)24(18)12-2-4-13(5-3-12)25(28)29)32-20-22-14(9-21-23-20)11-1-6-15-16(7-11)31-10-30-15/h1-7,9,17H,8,10H2. The summed E-state index contributed by atoms with van der Waals surface area (Å²) in [6.07, 6.45) is 1.45. The number of nitro groups is 1. The van der Waals surface area contributed by atoms with Crippen molar-refractivity contribution in [2.45, 2.75) is 16.8 Å². The van der Waals surface area contributed by atoms with Crippen LogP contribution in [0.1, 0.15) is 6.42 Å². The summed E-state index contributed by atoms with van der Waals surface area (Å²) in [4.78, 5) is 41.1. The lowest BCUT2D eigenvalue weighted by Gasteiger charge is -2.14. The number of carbonyl (C=O) groups is 2.